The Labute approximate surface area is 205 Å². The Morgan fingerprint density at radius 3 is 2.22 bits per heavy atom. The first-order chi connectivity index (χ1) is 14.9. The first-order valence-corrected chi connectivity index (χ1v) is 11.5. The molecule has 0 spiro atoms. The van der Waals surface area contributed by atoms with Crippen LogP contribution in [0.25, 0.3) is 0 Å². The topological polar surface area (TPSA) is 58.6 Å². The Balaban J connectivity index is 2.31. The monoisotopic (exact) mass is 498 g/mol. The maximum atomic E-state index is 13.3. The third-order valence-corrected chi connectivity index (χ3v) is 5.90. The third-order valence-electron chi connectivity index (χ3n) is 4.77. The molecule has 2 aromatic carbocycles. The highest BCUT2D eigenvalue weighted by molar-refractivity contribution is 6.36. The van der Waals surface area contributed by atoms with Crippen LogP contribution in [0, 0.1) is 6.92 Å². The molecule has 0 aromatic heterocycles. The fraction of sp³-hybridized carbons (Fsp3) is 0.417. The van der Waals surface area contributed by atoms with Gasteiger partial charge in [0.25, 0.3) is 5.91 Å². The SMILES string of the molecule is CC[C@H](C(=O)NC(C)(C)C)N(Cc1c(Cl)cccc1Cl)C(=O)COc1ccc(Cl)c(C)c1. The van der Waals surface area contributed by atoms with E-state index in [2.05, 4.69) is 5.32 Å². The van der Waals surface area contributed by atoms with Crippen molar-refractivity contribution < 1.29 is 14.3 Å². The maximum absolute atomic E-state index is 13.3. The lowest BCUT2D eigenvalue weighted by Gasteiger charge is -2.33. The molecule has 1 atom stereocenters. The Morgan fingerprint density at radius 2 is 1.69 bits per heavy atom. The molecule has 0 fully saturated rings. The maximum Gasteiger partial charge on any atom is 0.261 e. The van der Waals surface area contributed by atoms with E-state index in [1.165, 1.54) is 4.90 Å². The van der Waals surface area contributed by atoms with Gasteiger partial charge in [0.15, 0.2) is 6.61 Å². The number of ether oxygens (including phenoxy) is 1. The molecule has 0 saturated carbocycles. The summed E-state index contributed by atoms with van der Waals surface area (Å²) in [6.07, 6.45) is 0.412. The van der Waals surface area contributed by atoms with Crippen LogP contribution < -0.4 is 10.1 Å². The molecule has 0 radical (unpaired) electrons. The van der Waals surface area contributed by atoms with Crippen LogP contribution in [-0.4, -0.2) is 34.9 Å². The normalized spacial score (nSPS) is 12.2. The number of carbonyl (C=O) groups is 2. The van der Waals surface area contributed by atoms with Crippen LogP contribution in [-0.2, 0) is 16.1 Å². The minimum absolute atomic E-state index is 0.0798. The predicted molar refractivity (Wildman–Crippen MR) is 131 cm³/mol. The van der Waals surface area contributed by atoms with Gasteiger partial charge in [-0.1, -0.05) is 47.8 Å². The summed E-state index contributed by atoms with van der Waals surface area (Å²) in [4.78, 5) is 27.8. The van der Waals surface area contributed by atoms with Gasteiger partial charge in [-0.25, -0.2) is 0 Å². The summed E-state index contributed by atoms with van der Waals surface area (Å²) in [5.74, 6) is -0.0912. The van der Waals surface area contributed by atoms with Gasteiger partial charge in [-0.05, 0) is 70.0 Å². The molecule has 2 aromatic rings. The molecule has 0 unspecified atom stereocenters. The minimum atomic E-state index is -0.718. The number of nitrogens with zero attached hydrogens (tertiary/aromatic N) is 1. The number of aryl methyl sites for hydroxylation is 1. The zero-order valence-electron chi connectivity index (χ0n) is 19.0. The van der Waals surface area contributed by atoms with Crippen LogP contribution in [0.15, 0.2) is 36.4 Å². The number of benzene rings is 2. The molecule has 8 heteroatoms. The van der Waals surface area contributed by atoms with E-state index in [0.29, 0.717) is 32.8 Å². The van der Waals surface area contributed by atoms with Crippen LogP contribution in [0.3, 0.4) is 0 Å². The predicted octanol–water partition coefficient (Wildman–Crippen LogP) is 6.06. The summed E-state index contributed by atoms with van der Waals surface area (Å²) in [5.41, 5.74) is 0.972. The van der Waals surface area contributed by atoms with E-state index in [4.69, 9.17) is 39.5 Å². The van der Waals surface area contributed by atoms with Crippen molar-refractivity contribution in [1.82, 2.24) is 10.2 Å². The number of rotatable bonds is 8. The summed E-state index contributed by atoms with van der Waals surface area (Å²) in [7, 11) is 0. The third kappa shape index (κ3) is 7.29. The second kappa shape index (κ2) is 11.3. The lowest BCUT2D eigenvalue weighted by Crippen LogP contribution is -2.54. The first-order valence-electron chi connectivity index (χ1n) is 10.4. The Morgan fingerprint density at radius 1 is 1.06 bits per heavy atom. The molecule has 0 saturated heterocycles. The van der Waals surface area contributed by atoms with Crippen molar-refractivity contribution in [3.05, 3.63) is 62.6 Å². The van der Waals surface area contributed by atoms with Gasteiger partial charge < -0.3 is 15.0 Å². The van der Waals surface area contributed by atoms with Gasteiger partial charge in [0.05, 0.1) is 0 Å². The van der Waals surface area contributed by atoms with Crippen molar-refractivity contribution in [2.75, 3.05) is 6.61 Å². The van der Waals surface area contributed by atoms with Crippen molar-refractivity contribution in [2.24, 2.45) is 0 Å². The van der Waals surface area contributed by atoms with Crippen molar-refractivity contribution in [2.45, 2.75) is 59.2 Å². The summed E-state index contributed by atoms with van der Waals surface area (Å²) in [6.45, 7) is 9.21. The fourth-order valence-electron chi connectivity index (χ4n) is 3.16. The number of hydrogen-bond donors (Lipinski definition) is 1. The molecule has 2 amide bonds. The number of halogens is 3. The zero-order chi connectivity index (χ0) is 24.1. The Bertz CT molecular complexity index is 953. The summed E-state index contributed by atoms with van der Waals surface area (Å²) < 4.78 is 5.71. The fourth-order valence-corrected chi connectivity index (χ4v) is 3.80. The van der Waals surface area contributed by atoms with E-state index in [1.807, 2.05) is 34.6 Å². The molecular weight excluding hydrogens is 471 g/mol. The second-order valence-corrected chi connectivity index (χ2v) is 9.81. The van der Waals surface area contributed by atoms with Gasteiger partial charge in [-0.2, -0.15) is 0 Å². The molecule has 174 valence electrons. The molecule has 0 bridgehead atoms. The summed E-state index contributed by atoms with van der Waals surface area (Å²) in [6, 6.07) is 9.59. The Kier molecular flexibility index (Phi) is 9.26. The van der Waals surface area contributed by atoms with Gasteiger partial charge in [-0.3, -0.25) is 9.59 Å². The van der Waals surface area contributed by atoms with Gasteiger partial charge >= 0.3 is 0 Å². The lowest BCUT2D eigenvalue weighted by molar-refractivity contribution is -0.143. The highest BCUT2D eigenvalue weighted by Crippen LogP contribution is 2.27. The molecule has 1 N–H and O–H groups in total. The second-order valence-electron chi connectivity index (χ2n) is 8.58. The van der Waals surface area contributed by atoms with Gasteiger partial charge in [0.1, 0.15) is 11.8 Å². The van der Waals surface area contributed by atoms with E-state index in [-0.39, 0.29) is 25.0 Å². The van der Waals surface area contributed by atoms with Gasteiger partial charge in [0.2, 0.25) is 5.91 Å². The highest BCUT2D eigenvalue weighted by atomic mass is 35.5. The summed E-state index contributed by atoms with van der Waals surface area (Å²) >= 11 is 18.8. The standard InChI is InChI=1S/C24H29Cl3N2O3/c1-6-21(23(31)28-24(3,4)5)29(13-17-19(26)8-7-9-20(17)27)22(30)14-32-16-10-11-18(25)15(2)12-16/h7-12,21H,6,13-14H2,1-5H3,(H,28,31)/t21-/m1/s1. The molecule has 0 heterocycles. The number of hydrogen-bond acceptors (Lipinski definition) is 3. The average Bonchev–Trinajstić information content (AvgIpc) is 2.69. The molecule has 5 nitrogen and oxygen atoms in total. The molecular formula is C24H29Cl3N2O3. The number of carbonyl (C=O) groups excluding carboxylic acids is 2. The van der Waals surface area contributed by atoms with Crippen LogP contribution in [0.1, 0.15) is 45.2 Å². The van der Waals surface area contributed by atoms with Crippen LogP contribution in [0.5, 0.6) is 5.75 Å². The Hall–Kier alpha value is -1.95. The molecule has 32 heavy (non-hydrogen) atoms. The first kappa shape index (κ1) is 26.3. The lowest BCUT2D eigenvalue weighted by atomic mass is 10.1. The van der Waals surface area contributed by atoms with Crippen LogP contribution >= 0.6 is 34.8 Å². The van der Waals surface area contributed by atoms with E-state index >= 15 is 0 Å². The smallest absolute Gasteiger partial charge is 0.261 e. The van der Waals surface area contributed by atoms with Crippen molar-refractivity contribution in [3.8, 4) is 5.75 Å². The largest absolute Gasteiger partial charge is 0.484 e. The van der Waals surface area contributed by atoms with E-state index in [1.54, 1.807) is 36.4 Å². The molecule has 0 aliphatic heterocycles. The van der Waals surface area contributed by atoms with E-state index in [0.717, 1.165) is 5.56 Å². The number of amides is 2. The zero-order valence-corrected chi connectivity index (χ0v) is 21.2. The number of nitrogens with one attached hydrogen (secondary N) is 1. The molecule has 2 rings (SSSR count). The summed E-state index contributed by atoms with van der Waals surface area (Å²) in [5, 5.41) is 4.42. The van der Waals surface area contributed by atoms with E-state index in [9.17, 15) is 9.59 Å². The van der Waals surface area contributed by atoms with Crippen molar-refractivity contribution >= 4 is 46.6 Å². The highest BCUT2D eigenvalue weighted by Gasteiger charge is 2.31. The van der Waals surface area contributed by atoms with Crippen molar-refractivity contribution in [1.29, 1.82) is 0 Å². The quantitative estimate of drug-likeness (QED) is 0.480. The van der Waals surface area contributed by atoms with Gasteiger partial charge in [-0.15, -0.1) is 0 Å². The average molecular weight is 500 g/mol. The van der Waals surface area contributed by atoms with Crippen molar-refractivity contribution in [3.63, 3.8) is 0 Å². The molecule has 0 aliphatic carbocycles. The molecule has 0 aliphatic rings. The van der Waals surface area contributed by atoms with Crippen LogP contribution in [0.4, 0.5) is 0 Å². The van der Waals surface area contributed by atoms with E-state index < -0.39 is 11.6 Å². The van der Waals surface area contributed by atoms with Crippen LogP contribution in [0.2, 0.25) is 15.1 Å². The minimum Gasteiger partial charge on any atom is -0.484 e. The van der Waals surface area contributed by atoms with Gasteiger partial charge in [0, 0.05) is 32.7 Å².